The Balaban J connectivity index is 1.99. The maximum Gasteiger partial charge on any atom is 0.169 e. The predicted octanol–water partition coefficient (Wildman–Crippen LogP) is 1.60. The smallest absolute Gasteiger partial charge is 0.169 e. The number of methoxy groups -OCH3 is 1. The van der Waals surface area contributed by atoms with Crippen molar-refractivity contribution in [2.75, 3.05) is 7.11 Å². The highest BCUT2D eigenvalue weighted by molar-refractivity contribution is 6.08. The van der Waals surface area contributed by atoms with E-state index in [1.165, 1.54) is 19.2 Å². The van der Waals surface area contributed by atoms with Gasteiger partial charge in [-0.15, -0.1) is 0 Å². The minimum Gasteiger partial charge on any atom is -0.507 e. The van der Waals surface area contributed by atoms with E-state index in [9.17, 15) is 30.0 Å². The molecule has 0 amide bonds. The number of benzene rings is 2. The van der Waals surface area contributed by atoms with Gasteiger partial charge in [-0.3, -0.25) is 9.59 Å². The first-order chi connectivity index (χ1) is 13.3. The summed E-state index contributed by atoms with van der Waals surface area (Å²) in [6.07, 6.45) is -2.67. The molecule has 7 heteroatoms. The number of fused-ring (bicyclic) bond motifs is 2. The van der Waals surface area contributed by atoms with Gasteiger partial charge in [-0.1, -0.05) is 12.1 Å². The van der Waals surface area contributed by atoms with Crippen LogP contribution in [0, 0.1) is 0 Å². The van der Waals surface area contributed by atoms with Crippen LogP contribution in [0.25, 0.3) is 11.1 Å². The van der Waals surface area contributed by atoms with Crippen LogP contribution in [-0.2, 0) is 10.3 Å². The summed E-state index contributed by atoms with van der Waals surface area (Å²) >= 11 is 0. The minimum absolute atomic E-state index is 0.0117. The highest BCUT2D eigenvalue weighted by Gasteiger charge is 2.60. The number of carbonyl (C=O) groups excluding carboxylic acids is 2. The molecule has 2 aromatic rings. The number of aliphatic hydroxyl groups excluding tert-OH is 1. The van der Waals surface area contributed by atoms with Crippen molar-refractivity contribution in [3.05, 3.63) is 46.5 Å². The van der Waals surface area contributed by atoms with Crippen LogP contribution in [0.3, 0.4) is 0 Å². The molecule has 7 nitrogen and oxygen atoms in total. The van der Waals surface area contributed by atoms with E-state index in [4.69, 9.17) is 4.74 Å². The summed E-state index contributed by atoms with van der Waals surface area (Å²) in [5, 5.41) is 43.5. The summed E-state index contributed by atoms with van der Waals surface area (Å²) in [5.74, 6) is -2.23. The first-order valence-corrected chi connectivity index (χ1v) is 9.03. The molecule has 0 radical (unpaired) electrons. The fraction of sp³-hybridized carbons (Fsp3) is 0.333. The van der Waals surface area contributed by atoms with Gasteiger partial charge in [0.15, 0.2) is 11.6 Å². The Morgan fingerprint density at radius 2 is 1.57 bits per heavy atom. The van der Waals surface area contributed by atoms with Crippen molar-refractivity contribution in [2.24, 2.45) is 0 Å². The van der Waals surface area contributed by atoms with E-state index in [1.54, 1.807) is 12.1 Å². The second kappa shape index (κ2) is 5.41. The zero-order chi connectivity index (χ0) is 20.0. The van der Waals surface area contributed by atoms with Crippen LogP contribution < -0.4 is 0 Å². The second-order valence-corrected chi connectivity index (χ2v) is 7.65. The van der Waals surface area contributed by atoms with Crippen molar-refractivity contribution in [1.82, 2.24) is 0 Å². The molecule has 144 valence electrons. The lowest BCUT2D eigenvalue weighted by Gasteiger charge is -2.52. The van der Waals surface area contributed by atoms with Crippen LogP contribution in [0.1, 0.15) is 50.6 Å². The lowest BCUT2D eigenvalue weighted by molar-refractivity contribution is -0.140. The Morgan fingerprint density at radius 3 is 2.25 bits per heavy atom. The summed E-state index contributed by atoms with van der Waals surface area (Å²) in [7, 11) is 1.36. The van der Waals surface area contributed by atoms with Gasteiger partial charge in [0.05, 0.1) is 23.3 Å². The van der Waals surface area contributed by atoms with Crippen molar-refractivity contribution in [3.8, 4) is 22.6 Å². The van der Waals surface area contributed by atoms with E-state index >= 15 is 0 Å². The molecule has 3 aliphatic rings. The number of aliphatic hydroxyl groups is 2. The number of hydrogen-bond acceptors (Lipinski definition) is 7. The monoisotopic (exact) mass is 382 g/mol. The molecule has 28 heavy (non-hydrogen) atoms. The lowest BCUT2D eigenvalue weighted by atomic mass is 9.56. The molecule has 0 heterocycles. The molecule has 4 atom stereocenters. The first kappa shape index (κ1) is 17.4. The molecule has 0 spiro atoms. The van der Waals surface area contributed by atoms with Crippen molar-refractivity contribution in [1.29, 1.82) is 0 Å². The van der Waals surface area contributed by atoms with Gasteiger partial charge in [0.1, 0.15) is 17.1 Å². The number of phenolic OH excluding ortho intramolecular Hbond substituents is 2. The zero-order valence-electron chi connectivity index (χ0n) is 15.0. The Morgan fingerprint density at radius 1 is 0.964 bits per heavy atom. The third kappa shape index (κ3) is 1.83. The summed E-state index contributed by atoms with van der Waals surface area (Å²) in [6.45, 7) is 0. The number of aromatic hydroxyl groups is 2. The number of rotatable bonds is 1. The SMILES string of the molecule is CO[C@@H]1CC(=O)c2c(O)ccc3c2[C@]1(O)[C@H]1c2c-3ccc(O)c2C(=O)C[C@@H]1O. The minimum atomic E-state index is -1.85. The predicted molar refractivity (Wildman–Crippen MR) is 96.5 cm³/mol. The van der Waals surface area contributed by atoms with Crippen molar-refractivity contribution in [2.45, 2.75) is 36.6 Å². The number of ketones is 2. The molecule has 0 saturated carbocycles. The topological polar surface area (TPSA) is 124 Å². The summed E-state index contributed by atoms with van der Waals surface area (Å²) in [6, 6.07) is 5.93. The molecule has 0 fully saturated rings. The number of phenols is 2. The van der Waals surface area contributed by atoms with E-state index in [1.807, 2.05) is 0 Å². The molecule has 2 aromatic carbocycles. The van der Waals surface area contributed by atoms with Crippen LogP contribution >= 0.6 is 0 Å². The highest BCUT2D eigenvalue weighted by Crippen LogP contribution is 2.60. The number of hydrogen-bond donors (Lipinski definition) is 4. The Hall–Kier alpha value is -2.74. The van der Waals surface area contributed by atoms with E-state index in [-0.39, 0.29) is 46.8 Å². The summed E-state index contributed by atoms with van der Waals surface area (Å²) in [5.41, 5.74) is -0.187. The van der Waals surface area contributed by atoms with Crippen molar-refractivity contribution < 1.29 is 34.8 Å². The van der Waals surface area contributed by atoms with Crippen LogP contribution in [0.5, 0.6) is 11.5 Å². The van der Waals surface area contributed by atoms with Gasteiger partial charge in [0.25, 0.3) is 0 Å². The number of ether oxygens (including phenoxy) is 1. The molecule has 5 rings (SSSR count). The zero-order valence-corrected chi connectivity index (χ0v) is 15.0. The maximum atomic E-state index is 12.7. The lowest BCUT2D eigenvalue weighted by Crippen LogP contribution is -2.56. The molecule has 0 aliphatic heterocycles. The Labute approximate surface area is 159 Å². The van der Waals surface area contributed by atoms with E-state index < -0.39 is 29.5 Å². The standard InChI is InChI=1S/C21H18O7/c1-28-15-7-13(25)18-11(23)5-3-9-8-2-4-10(22)17-12(24)6-14(26)20(16(8)17)21(15,27)19(9)18/h2-5,14-15,20,22-23,26-27H,6-7H2,1H3/t14-,15+,20+,21-/m0/s1. The van der Waals surface area contributed by atoms with Gasteiger partial charge in [-0.2, -0.15) is 0 Å². The van der Waals surface area contributed by atoms with Crippen LogP contribution in [0.2, 0.25) is 0 Å². The molecule has 0 unspecified atom stereocenters. The largest absolute Gasteiger partial charge is 0.507 e. The van der Waals surface area contributed by atoms with E-state index in [2.05, 4.69) is 0 Å². The van der Waals surface area contributed by atoms with Crippen molar-refractivity contribution >= 4 is 11.6 Å². The highest BCUT2D eigenvalue weighted by atomic mass is 16.5. The molecular weight excluding hydrogens is 364 g/mol. The van der Waals surface area contributed by atoms with Gasteiger partial charge >= 0.3 is 0 Å². The van der Waals surface area contributed by atoms with Gasteiger partial charge < -0.3 is 25.2 Å². The van der Waals surface area contributed by atoms with Gasteiger partial charge in [-0.25, -0.2) is 0 Å². The average Bonchev–Trinajstić information content (AvgIpc) is 2.64. The van der Waals surface area contributed by atoms with Crippen LogP contribution in [0.15, 0.2) is 24.3 Å². The molecule has 0 bridgehead atoms. The van der Waals surface area contributed by atoms with Gasteiger partial charge in [0.2, 0.25) is 0 Å². The molecule has 0 aromatic heterocycles. The molecule has 0 saturated heterocycles. The Kier molecular flexibility index (Phi) is 3.35. The van der Waals surface area contributed by atoms with E-state index in [0.717, 1.165) is 0 Å². The summed E-state index contributed by atoms with van der Waals surface area (Å²) < 4.78 is 5.46. The fourth-order valence-electron chi connectivity index (χ4n) is 5.29. The normalized spacial score (nSPS) is 30.0. The second-order valence-electron chi connectivity index (χ2n) is 7.65. The third-order valence-electron chi connectivity index (χ3n) is 6.37. The fourth-order valence-corrected chi connectivity index (χ4v) is 5.29. The van der Waals surface area contributed by atoms with Crippen LogP contribution in [-0.4, -0.2) is 51.3 Å². The number of carbonyl (C=O) groups is 2. The molecule has 3 aliphatic carbocycles. The van der Waals surface area contributed by atoms with Gasteiger partial charge in [-0.05, 0) is 28.8 Å². The van der Waals surface area contributed by atoms with Crippen molar-refractivity contribution in [3.63, 3.8) is 0 Å². The van der Waals surface area contributed by atoms with Gasteiger partial charge in [0, 0.05) is 31.4 Å². The van der Waals surface area contributed by atoms with E-state index in [0.29, 0.717) is 16.7 Å². The first-order valence-electron chi connectivity index (χ1n) is 9.03. The average molecular weight is 382 g/mol. The quantitative estimate of drug-likeness (QED) is 0.590. The van der Waals surface area contributed by atoms with Crippen LogP contribution in [0.4, 0.5) is 0 Å². The third-order valence-corrected chi connectivity index (χ3v) is 6.37. The molecule has 4 N–H and O–H groups in total. The Bertz CT molecular complexity index is 1070. The maximum absolute atomic E-state index is 12.7. The molecular formula is C21H18O7. The number of Topliss-reactive ketones (excluding diaryl/α,β-unsaturated/α-hetero) is 2. The summed E-state index contributed by atoms with van der Waals surface area (Å²) in [4.78, 5) is 25.3.